The van der Waals surface area contributed by atoms with E-state index in [4.69, 9.17) is 18.4 Å². The summed E-state index contributed by atoms with van der Waals surface area (Å²) in [4.78, 5) is 12.6. The van der Waals surface area contributed by atoms with Crippen LogP contribution >= 0.6 is 15.9 Å². The van der Waals surface area contributed by atoms with Gasteiger partial charge >= 0.3 is 10.1 Å². The molecule has 1 N–H and O–H groups in total. The van der Waals surface area contributed by atoms with Crippen molar-refractivity contribution in [2.45, 2.75) is 25.7 Å². The van der Waals surface area contributed by atoms with Crippen LogP contribution in [0.25, 0.3) is 0 Å². The third-order valence-electron chi connectivity index (χ3n) is 4.94. The van der Waals surface area contributed by atoms with E-state index in [1.807, 2.05) is 13.8 Å². The molecule has 0 aromatic heterocycles. The van der Waals surface area contributed by atoms with Crippen LogP contribution in [0.15, 0.2) is 69.1 Å². The van der Waals surface area contributed by atoms with E-state index in [1.165, 1.54) is 25.5 Å². The van der Waals surface area contributed by atoms with Crippen molar-refractivity contribution in [3.63, 3.8) is 0 Å². The van der Waals surface area contributed by atoms with Crippen molar-refractivity contribution in [3.8, 4) is 23.0 Å². The van der Waals surface area contributed by atoms with E-state index in [0.29, 0.717) is 33.7 Å². The lowest BCUT2D eigenvalue weighted by Crippen LogP contribution is -2.17. The van der Waals surface area contributed by atoms with Crippen molar-refractivity contribution in [3.05, 3.63) is 75.8 Å². The number of ether oxygens (including phenoxy) is 3. The molecule has 3 aromatic rings. The first-order valence-corrected chi connectivity index (χ1v) is 13.5. The summed E-state index contributed by atoms with van der Waals surface area (Å²) in [5.41, 5.74) is 4.23. The summed E-state index contributed by atoms with van der Waals surface area (Å²) in [6.45, 7) is 6.21. The molecule has 3 rings (SSSR count). The topological polar surface area (TPSA) is 113 Å². The molecule has 0 unspecified atom stereocenters. The SMILES string of the molecule is CCOc1ccc(C(=O)N/N=C/c2cc(Br)c(OS(=O)(=O)c3ccc(C)cc3)c(OCC)c2)cc1OC. The summed E-state index contributed by atoms with van der Waals surface area (Å²) in [5, 5.41) is 4.00. The minimum atomic E-state index is -4.10. The molecule has 196 valence electrons. The molecule has 0 aliphatic carbocycles. The lowest BCUT2D eigenvalue weighted by molar-refractivity contribution is 0.0954. The molecule has 0 radical (unpaired) electrons. The Balaban J connectivity index is 1.79. The van der Waals surface area contributed by atoms with E-state index in [9.17, 15) is 13.2 Å². The molecule has 1 amide bonds. The molecule has 9 nitrogen and oxygen atoms in total. The summed E-state index contributed by atoms with van der Waals surface area (Å²) in [6.07, 6.45) is 1.40. The van der Waals surface area contributed by atoms with Gasteiger partial charge < -0.3 is 18.4 Å². The highest BCUT2D eigenvalue weighted by molar-refractivity contribution is 9.10. The Labute approximate surface area is 224 Å². The van der Waals surface area contributed by atoms with E-state index in [2.05, 4.69) is 26.5 Å². The second-order valence-electron chi connectivity index (χ2n) is 7.61. The summed E-state index contributed by atoms with van der Waals surface area (Å²) >= 11 is 3.35. The smallest absolute Gasteiger partial charge is 0.339 e. The largest absolute Gasteiger partial charge is 0.493 e. The highest BCUT2D eigenvalue weighted by Gasteiger charge is 2.22. The van der Waals surface area contributed by atoms with Crippen molar-refractivity contribution in [1.29, 1.82) is 0 Å². The molecule has 37 heavy (non-hydrogen) atoms. The van der Waals surface area contributed by atoms with Crippen LogP contribution in [0, 0.1) is 6.92 Å². The predicted octanol–water partition coefficient (Wildman–Crippen LogP) is 5.10. The van der Waals surface area contributed by atoms with Gasteiger partial charge in [0.1, 0.15) is 4.90 Å². The highest BCUT2D eigenvalue weighted by Crippen LogP contribution is 2.38. The Morgan fingerprint density at radius 3 is 2.30 bits per heavy atom. The Kier molecular flexibility index (Phi) is 9.54. The maximum Gasteiger partial charge on any atom is 0.339 e. The standard InChI is InChI=1S/C26H27BrN2O7S/c1-5-34-22-12-9-19(15-23(22)33-4)26(30)29-28-16-18-13-21(27)25(24(14-18)35-6-2)36-37(31,32)20-10-7-17(3)8-11-20/h7-16H,5-6H2,1-4H3,(H,29,30)/b28-16+. The molecule has 0 saturated heterocycles. The number of benzene rings is 3. The average molecular weight is 591 g/mol. The van der Waals surface area contributed by atoms with Crippen molar-refractivity contribution in [2.75, 3.05) is 20.3 Å². The number of hydrazone groups is 1. The zero-order chi connectivity index (χ0) is 27.0. The van der Waals surface area contributed by atoms with Gasteiger partial charge in [-0.3, -0.25) is 4.79 Å². The maximum absolute atomic E-state index is 12.8. The lowest BCUT2D eigenvalue weighted by atomic mass is 10.2. The van der Waals surface area contributed by atoms with Crippen LogP contribution in [-0.2, 0) is 10.1 Å². The quantitative estimate of drug-likeness (QED) is 0.188. The number of aryl methyl sites for hydroxylation is 1. The van der Waals surface area contributed by atoms with Gasteiger partial charge in [-0.05, 0) is 84.7 Å². The van der Waals surface area contributed by atoms with Crippen LogP contribution in [0.2, 0.25) is 0 Å². The Hall–Kier alpha value is -3.57. The first-order valence-electron chi connectivity index (χ1n) is 11.3. The number of nitrogens with one attached hydrogen (secondary N) is 1. The molecule has 0 aliphatic heterocycles. The van der Waals surface area contributed by atoms with Crippen LogP contribution < -0.4 is 23.8 Å². The van der Waals surface area contributed by atoms with Gasteiger partial charge in [-0.25, -0.2) is 5.43 Å². The third kappa shape index (κ3) is 7.23. The molecular weight excluding hydrogens is 564 g/mol. The number of rotatable bonds is 11. The summed E-state index contributed by atoms with van der Waals surface area (Å²) < 4.78 is 47.7. The van der Waals surface area contributed by atoms with Gasteiger partial charge in [-0.2, -0.15) is 13.5 Å². The van der Waals surface area contributed by atoms with Gasteiger partial charge in [0.25, 0.3) is 5.91 Å². The van der Waals surface area contributed by atoms with Gasteiger partial charge in [-0.15, -0.1) is 0 Å². The monoisotopic (exact) mass is 590 g/mol. The second-order valence-corrected chi connectivity index (χ2v) is 10.0. The van der Waals surface area contributed by atoms with Crippen LogP contribution in [0.4, 0.5) is 0 Å². The number of amides is 1. The summed E-state index contributed by atoms with van der Waals surface area (Å²) in [7, 11) is -2.61. The van der Waals surface area contributed by atoms with E-state index < -0.39 is 16.0 Å². The molecule has 0 fully saturated rings. The number of carbonyl (C=O) groups excluding carboxylic acids is 1. The van der Waals surface area contributed by atoms with E-state index >= 15 is 0 Å². The first kappa shape index (κ1) is 28.0. The molecule has 0 atom stereocenters. The molecule has 0 aliphatic rings. The summed E-state index contributed by atoms with van der Waals surface area (Å²) in [5.74, 6) is 0.706. The average Bonchev–Trinajstić information content (AvgIpc) is 2.87. The molecule has 0 bridgehead atoms. The van der Waals surface area contributed by atoms with Gasteiger partial charge in [0.15, 0.2) is 23.0 Å². The Morgan fingerprint density at radius 1 is 0.973 bits per heavy atom. The number of methoxy groups -OCH3 is 1. The number of carbonyl (C=O) groups is 1. The molecular formula is C26H27BrN2O7S. The van der Waals surface area contributed by atoms with Crippen molar-refractivity contribution < 1.29 is 31.6 Å². The van der Waals surface area contributed by atoms with Gasteiger partial charge in [0.2, 0.25) is 0 Å². The van der Waals surface area contributed by atoms with Crippen LogP contribution in [0.3, 0.4) is 0 Å². The minimum Gasteiger partial charge on any atom is -0.493 e. The van der Waals surface area contributed by atoms with Crippen molar-refractivity contribution >= 4 is 38.2 Å². The number of nitrogens with zero attached hydrogens (tertiary/aromatic N) is 1. The zero-order valence-electron chi connectivity index (χ0n) is 20.8. The molecule has 0 saturated carbocycles. The maximum atomic E-state index is 12.8. The first-order chi connectivity index (χ1) is 17.7. The Bertz CT molecular complexity index is 1390. The third-order valence-corrected chi connectivity index (χ3v) is 6.76. The molecule has 0 heterocycles. The van der Waals surface area contributed by atoms with Gasteiger partial charge in [0, 0.05) is 5.56 Å². The number of hydrogen-bond acceptors (Lipinski definition) is 8. The normalized spacial score (nSPS) is 11.3. The number of halogens is 1. The second kappa shape index (κ2) is 12.6. The van der Waals surface area contributed by atoms with Crippen LogP contribution in [-0.4, -0.2) is 40.9 Å². The fraction of sp³-hybridized carbons (Fsp3) is 0.231. The fourth-order valence-electron chi connectivity index (χ4n) is 3.18. The molecule has 0 spiro atoms. The van der Waals surface area contributed by atoms with Crippen LogP contribution in [0.1, 0.15) is 35.3 Å². The molecule has 3 aromatic carbocycles. The Morgan fingerprint density at radius 2 is 1.65 bits per heavy atom. The van der Waals surface area contributed by atoms with Crippen LogP contribution in [0.5, 0.6) is 23.0 Å². The van der Waals surface area contributed by atoms with Crippen molar-refractivity contribution in [2.24, 2.45) is 5.10 Å². The summed E-state index contributed by atoms with van der Waals surface area (Å²) in [6, 6.07) is 14.3. The number of hydrogen-bond donors (Lipinski definition) is 1. The fourth-order valence-corrected chi connectivity index (χ4v) is 4.79. The molecule has 11 heteroatoms. The van der Waals surface area contributed by atoms with E-state index in [-0.39, 0.29) is 23.0 Å². The van der Waals surface area contributed by atoms with Gasteiger partial charge in [-0.1, -0.05) is 17.7 Å². The lowest BCUT2D eigenvalue weighted by Gasteiger charge is -2.14. The van der Waals surface area contributed by atoms with E-state index in [0.717, 1.165) is 5.56 Å². The highest BCUT2D eigenvalue weighted by atomic mass is 79.9. The van der Waals surface area contributed by atoms with Crippen molar-refractivity contribution in [1.82, 2.24) is 5.43 Å². The predicted molar refractivity (Wildman–Crippen MR) is 144 cm³/mol. The van der Waals surface area contributed by atoms with Gasteiger partial charge in [0.05, 0.1) is 31.0 Å². The van der Waals surface area contributed by atoms with E-state index in [1.54, 1.807) is 49.4 Å². The zero-order valence-corrected chi connectivity index (χ0v) is 23.2. The minimum absolute atomic E-state index is 0.00472.